The molecule has 0 aliphatic heterocycles. The standard InChI is InChI=1S/C40H23N5O/c46-39-28-17-5-9-19-33(28)41-38-31-22-30-26-15-7-10-20-34(26)44(36(30)23-29(31)25-14-6-11-21-35(25)45(38)39)40-42-32-18-8-4-16-27(32)37(43-40)24-12-2-1-3-13-24/h1-23H. The fraction of sp³-hybridized carbons (Fsp3) is 0. The van der Waals surface area contributed by atoms with Crippen LogP contribution in [0.15, 0.2) is 144 Å². The number of rotatable bonds is 2. The van der Waals surface area contributed by atoms with Crippen molar-refractivity contribution in [3.63, 3.8) is 0 Å². The van der Waals surface area contributed by atoms with Crippen LogP contribution in [0.4, 0.5) is 0 Å². The number of aromatic nitrogens is 5. The number of hydrogen-bond donors (Lipinski definition) is 0. The van der Waals surface area contributed by atoms with Crippen LogP contribution in [0.3, 0.4) is 0 Å². The smallest absolute Gasteiger partial charge is 0.266 e. The maximum Gasteiger partial charge on any atom is 0.266 e. The Kier molecular flexibility index (Phi) is 5.05. The molecule has 6 nitrogen and oxygen atoms in total. The molecule has 10 aromatic rings. The van der Waals surface area contributed by atoms with Crippen LogP contribution < -0.4 is 5.56 Å². The quantitative estimate of drug-likeness (QED) is 0.149. The van der Waals surface area contributed by atoms with Crippen LogP contribution in [-0.4, -0.2) is 23.9 Å². The maximum absolute atomic E-state index is 14.0. The largest absolute Gasteiger partial charge is 0.278 e. The Morgan fingerprint density at radius 3 is 1.83 bits per heavy atom. The van der Waals surface area contributed by atoms with Crippen LogP contribution >= 0.6 is 0 Å². The fourth-order valence-electron chi connectivity index (χ4n) is 7.05. The fourth-order valence-corrected chi connectivity index (χ4v) is 7.05. The van der Waals surface area contributed by atoms with Gasteiger partial charge in [0.15, 0.2) is 0 Å². The molecule has 0 atom stereocenters. The second kappa shape index (κ2) is 9.30. The van der Waals surface area contributed by atoms with Crippen LogP contribution in [0, 0.1) is 0 Å². The first-order valence-corrected chi connectivity index (χ1v) is 15.3. The zero-order chi connectivity index (χ0) is 30.4. The highest BCUT2D eigenvalue weighted by molar-refractivity contribution is 6.20. The van der Waals surface area contributed by atoms with E-state index in [0.717, 1.165) is 65.6 Å². The van der Waals surface area contributed by atoms with E-state index >= 15 is 0 Å². The molecule has 0 unspecified atom stereocenters. The SMILES string of the molecule is O=c1c2ccccc2nc2c3cc4c5ccccc5n(-c5nc(-c6ccccc6)c6ccccc6n5)c4cc3c3ccccc3n12. The molecule has 0 spiro atoms. The molecule has 0 amide bonds. The Bertz CT molecular complexity index is 2940. The van der Waals surface area contributed by atoms with Crippen molar-refractivity contribution in [2.75, 3.05) is 0 Å². The number of benzene rings is 6. The normalized spacial score (nSPS) is 12.0. The topological polar surface area (TPSA) is 65.1 Å². The van der Waals surface area contributed by atoms with Crippen LogP contribution in [0.5, 0.6) is 0 Å². The lowest BCUT2D eigenvalue weighted by atomic mass is 10.0. The molecule has 10 rings (SSSR count). The minimum Gasteiger partial charge on any atom is -0.278 e. The summed E-state index contributed by atoms with van der Waals surface area (Å²) in [6.07, 6.45) is 0. The van der Waals surface area contributed by atoms with Gasteiger partial charge < -0.3 is 0 Å². The number of para-hydroxylation sites is 4. The third-order valence-electron chi connectivity index (χ3n) is 9.10. The summed E-state index contributed by atoms with van der Waals surface area (Å²) < 4.78 is 3.94. The Morgan fingerprint density at radius 1 is 0.435 bits per heavy atom. The molecule has 0 aliphatic carbocycles. The van der Waals surface area contributed by atoms with Crippen LogP contribution in [-0.2, 0) is 0 Å². The predicted molar refractivity (Wildman–Crippen MR) is 187 cm³/mol. The number of fused-ring (bicyclic) bond motifs is 11. The van der Waals surface area contributed by atoms with E-state index in [-0.39, 0.29) is 5.56 Å². The van der Waals surface area contributed by atoms with Crippen molar-refractivity contribution < 1.29 is 0 Å². The molecule has 4 heterocycles. The Hall–Kier alpha value is -6.40. The van der Waals surface area contributed by atoms with Crippen molar-refractivity contribution in [2.45, 2.75) is 0 Å². The second-order valence-corrected chi connectivity index (χ2v) is 11.6. The summed E-state index contributed by atoms with van der Waals surface area (Å²) in [5.74, 6) is 0.605. The van der Waals surface area contributed by atoms with Gasteiger partial charge in [0.05, 0.1) is 38.7 Å². The molecule has 0 fully saturated rings. The maximum atomic E-state index is 14.0. The van der Waals surface area contributed by atoms with E-state index in [4.69, 9.17) is 15.0 Å². The summed E-state index contributed by atoms with van der Waals surface area (Å²) in [7, 11) is 0. The van der Waals surface area contributed by atoms with Gasteiger partial charge in [-0.05, 0) is 47.9 Å². The Morgan fingerprint density at radius 2 is 1.04 bits per heavy atom. The van der Waals surface area contributed by atoms with Crippen molar-refractivity contribution in [3.8, 4) is 17.2 Å². The van der Waals surface area contributed by atoms with Gasteiger partial charge in [-0.3, -0.25) is 13.8 Å². The molecule has 0 saturated carbocycles. The molecule has 214 valence electrons. The van der Waals surface area contributed by atoms with Crippen LogP contribution in [0.1, 0.15) is 0 Å². The minimum absolute atomic E-state index is 0.0702. The first-order chi connectivity index (χ1) is 22.7. The molecule has 0 N–H and O–H groups in total. The average Bonchev–Trinajstić information content (AvgIpc) is 3.44. The summed E-state index contributed by atoms with van der Waals surface area (Å²) in [5, 5.41) is 6.63. The first kappa shape index (κ1) is 25.0. The second-order valence-electron chi connectivity index (χ2n) is 11.6. The van der Waals surface area contributed by atoms with E-state index in [1.165, 1.54) is 0 Å². The summed E-state index contributed by atoms with van der Waals surface area (Å²) >= 11 is 0. The van der Waals surface area contributed by atoms with E-state index in [0.29, 0.717) is 22.5 Å². The molecular weight excluding hydrogens is 566 g/mol. The summed E-state index contributed by atoms with van der Waals surface area (Å²) in [4.78, 5) is 29.4. The van der Waals surface area contributed by atoms with Gasteiger partial charge in [0.1, 0.15) is 5.65 Å². The molecule has 4 aromatic heterocycles. The van der Waals surface area contributed by atoms with Crippen molar-refractivity contribution in [1.29, 1.82) is 0 Å². The third kappa shape index (κ3) is 3.41. The molecule has 6 heteroatoms. The molecule has 0 aliphatic rings. The third-order valence-corrected chi connectivity index (χ3v) is 9.10. The van der Waals surface area contributed by atoms with Gasteiger partial charge >= 0.3 is 0 Å². The van der Waals surface area contributed by atoms with Gasteiger partial charge in [0.2, 0.25) is 5.95 Å². The molecule has 0 bridgehead atoms. The van der Waals surface area contributed by atoms with Gasteiger partial charge in [-0.25, -0.2) is 15.0 Å². The zero-order valence-corrected chi connectivity index (χ0v) is 24.4. The molecular formula is C40H23N5O. The van der Waals surface area contributed by atoms with Gasteiger partial charge in [0, 0.05) is 32.5 Å². The van der Waals surface area contributed by atoms with Gasteiger partial charge in [-0.15, -0.1) is 0 Å². The number of hydrogen-bond acceptors (Lipinski definition) is 4. The lowest BCUT2D eigenvalue weighted by Crippen LogP contribution is -2.16. The lowest BCUT2D eigenvalue weighted by Gasteiger charge is -2.14. The molecule has 6 aromatic carbocycles. The molecule has 0 saturated heterocycles. The highest BCUT2D eigenvalue weighted by Crippen LogP contribution is 2.38. The van der Waals surface area contributed by atoms with E-state index in [1.54, 1.807) is 4.40 Å². The zero-order valence-electron chi connectivity index (χ0n) is 24.4. The highest BCUT2D eigenvalue weighted by Gasteiger charge is 2.20. The molecule has 0 radical (unpaired) electrons. The summed E-state index contributed by atoms with van der Waals surface area (Å²) in [6, 6.07) is 46.8. The van der Waals surface area contributed by atoms with Gasteiger partial charge in [-0.2, -0.15) is 0 Å². The number of nitrogens with zero attached hydrogens (tertiary/aromatic N) is 5. The van der Waals surface area contributed by atoms with E-state index in [1.807, 2.05) is 78.9 Å². The van der Waals surface area contributed by atoms with Gasteiger partial charge in [0.25, 0.3) is 5.56 Å². The first-order valence-electron chi connectivity index (χ1n) is 15.3. The van der Waals surface area contributed by atoms with E-state index in [9.17, 15) is 4.79 Å². The Labute approximate surface area is 261 Å². The van der Waals surface area contributed by atoms with E-state index in [2.05, 4.69) is 65.2 Å². The van der Waals surface area contributed by atoms with Crippen molar-refractivity contribution in [3.05, 3.63) is 150 Å². The molecule has 46 heavy (non-hydrogen) atoms. The van der Waals surface area contributed by atoms with E-state index < -0.39 is 0 Å². The van der Waals surface area contributed by atoms with Crippen LogP contribution in [0.2, 0.25) is 0 Å². The monoisotopic (exact) mass is 589 g/mol. The van der Waals surface area contributed by atoms with Gasteiger partial charge in [-0.1, -0.05) is 97.1 Å². The lowest BCUT2D eigenvalue weighted by molar-refractivity contribution is 1.01. The predicted octanol–water partition coefficient (Wildman–Crippen LogP) is 8.86. The van der Waals surface area contributed by atoms with Crippen molar-refractivity contribution in [2.24, 2.45) is 0 Å². The van der Waals surface area contributed by atoms with Crippen molar-refractivity contribution in [1.82, 2.24) is 23.9 Å². The highest BCUT2D eigenvalue weighted by atomic mass is 16.1. The average molecular weight is 590 g/mol. The summed E-state index contributed by atoms with van der Waals surface area (Å²) in [5.41, 5.74) is 6.88. The van der Waals surface area contributed by atoms with Crippen molar-refractivity contribution >= 4 is 70.9 Å². The summed E-state index contributed by atoms with van der Waals surface area (Å²) in [6.45, 7) is 0. The number of pyridine rings is 1. The Balaban J connectivity index is 1.39. The van der Waals surface area contributed by atoms with Crippen LogP contribution in [0.25, 0.3) is 88.1 Å². The minimum atomic E-state index is -0.0702.